The highest BCUT2D eigenvalue weighted by atomic mass is 16.4. The number of nitrogens with zero attached hydrogens (tertiary/aromatic N) is 1. The molecule has 0 aromatic heterocycles. The van der Waals surface area contributed by atoms with E-state index in [-0.39, 0.29) is 6.04 Å². The molecule has 35 heavy (non-hydrogen) atoms. The lowest BCUT2D eigenvalue weighted by atomic mass is 9.80. The van der Waals surface area contributed by atoms with Gasteiger partial charge in [0.1, 0.15) is 0 Å². The molecule has 0 spiro atoms. The number of carboxylic acid groups (broad SMARTS) is 1. The maximum atomic E-state index is 11.2. The summed E-state index contributed by atoms with van der Waals surface area (Å²) >= 11 is 0. The lowest BCUT2D eigenvalue weighted by molar-refractivity contribution is 0.0697. The standard InChI is InChI=1S/C31H32N2O2/c1-22(28-13-7-11-23-10-5-6-12-29(23)28)32-20-26-18-19-33(21-30(26)24-8-3-2-4-9-24)27-16-14-25(15-17-27)31(34)35/h2-17,22,26,30,32H,18-21H2,1H3,(H,34,35). The van der Waals surface area contributed by atoms with Gasteiger partial charge < -0.3 is 15.3 Å². The normalized spacial score (nSPS) is 18.9. The SMILES string of the molecule is CC(NCC1CCN(c2ccc(C(=O)O)cc2)CC1c1ccccc1)c1cccc2ccccc12. The largest absolute Gasteiger partial charge is 0.478 e. The molecule has 178 valence electrons. The summed E-state index contributed by atoms with van der Waals surface area (Å²) in [6.45, 7) is 5.10. The van der Waals surface area contributed by atoms with Crippen LogP contribution in [0.4, 0.5) is 5.69 Å². The van der Waals surface area contributed by atoms with Crippen molar-refractivity contribution in [2.45, 2.75) is 25.3 Å². The zero-order chi connectivity index (χ0) is 24.2. The average Bonchev–Trinajstić information content (AvgIpc) is 2.92. The third-order valence-corrected chi connectivity index (χ3v) is 7.44. The minimum atomic E-state index is -0.885. The topological polar surface area (TPSA) is 52.6 Å². The van der Waals surface area contributed by atoms with Gasteiger partial charge in [0, 0.05) is 30.7 Å². The van der Waals surface area contributed by atoms with Crippen LogP contribution in [-0.2, 0) is 0 Å². The summed E-state index contributed by atoms with van der Waals surface area (Å²) in [5, 5.41) is 15.7. The Morgan fingerprint density at radius 2 is 1.66 bits per heavy atom. The summed E-state index contributed by atoms with van der Waals surface area (Å²) in [6.07, 6.45) is 1.08. The molecule has 0 radical (unpaired) electrons. The number of hydrogen-bond donors (Lipinski definition) is 2. The average molecular weight is 465 g/mol. The first-order valence-electron chi connectivity index (χ1n) is 12.4. The Morgan fingerprint density at radius 1 is 0.943 bits per heavy atom. The molecule has 2 N–H and O–H groups in total. The number of nitrogens with one attached hydrogen (secondary N) is 1. The molecular weight excluding hydrogens is 432 g/mol. The van der Waals surface area contributed by atoms with Gasteiger partial charge in [0.25, 0.3) is 0 Å². The van der Waals surface area contributed by atoms with Gasteiger partial charge in [-0.15, -0.1) is 0 Å². The van der Waals surface area contributed by atoms with E-state index in [1.807, 2.05) is 12.1 Å². The molecule has 3 atom stereocenters. The van der Waals surface area contributed by atoms with Crippen LogP contribution in [0.25, 0.3) is 10.8 Å². The second-order valence-corrected chi connectivity index (χ2v) is 9.56. The van der Waals surface area contributed by atoms with Crippen molar-refractivity contribution in [2.75, 3.05) is 24.5 Å². The smallest absolute Gasteiger partial charge is 0.335 e. The van der Waals surface area contributed by atoms with Gasteiger partial charge >= 0.3 is 5.97 Å². The zero-order valence-corrected chi connectivity index (χ0v) is 20.1. The molecule has 4 aromatic carbocycles. The van der Waals surface area contributed by atoms with Crippen LogP contribution in [0.2, 0.25) is 0 Å². The van der Waals surface area contributed by atoms with E-state index in [2.05, 4.69) is 89.9 Å². The van der Waals surface area contributed by atoms with Gasteiger partial charge in [0.05, 0.1) is 5.56 Å². The van der Waals surface area contributed by atoms with Crippen LogP contribution in [-0.4, -0.2) is 30.7 Å². The molecule has 4 nitrogen and oxygen atoms in total. The highest BCUT2D eigenvalue weighted by Crippen LogP contribution is 2.35. The number of benzene rings is 4. The van der Waals surface area contributed by atoms with Crippen LogP contribution in [0.5, 0.6) is 0 Å². The Hall–Kier alpha value is -3.63. The summed E-state index contributed by atoms with van der Waals surface area (Å²) < 4.78 is 0. The van der Waals surface area contributed by atoms with E-state index in [1.165, 1.54) is 21.9 Å². The van der Waals surface area contributed by atoms with Crippen molar-refractivity contribution in [3.05, 3.63) is 114 Å². The maximum Gasteiger partial charge on any atom is 0.335 e. The van der Waals surface area contributed by atoms with E-state index in [4.69, 9.17) is 0 Å². The van der Waals surface area contributed by atoms with E-state index in [9.17, 15) is 9.90 Å². The second kappa shape index (κ2) is 10.3. The number of carbonyl (C=O) groups is 1. The maximum absolute atomic E-state index is 11.2. The van der Waals surface area contributed by atoms with E-state index >= 15 is 0 Å². The molecule has 0 aliphatic carbocycles. The fourth-order valence-corrected chi connectivity index (χ4v) is 5.44. The monoisotopic (exact) mass is 464 g/mol. The molecular formula is C31H32N2O2. The molecule has 0 saturated carbocycles. The Morgan fingerprint density at radius 3 is 2.43 bits per heavy atom. The Kier molecular flexibility index (Phi) is 6.82. The minimum absolute atomic E-state index is 0.263. The fourth-order valence-electron chi connectivity index (χ4n) is 5.44. The highest BCUT2D eigenvalue weighted by molar-refractivity contribution is 5.88. The van der Waals surface area contributed by atoms with Crippen molar-refractivity contribution in [1.82, 2.24) is 5.32 Å². The highest BCUT2D eigenvalue weighted by Gasteiger charge is 2.31. The number of anilines is 1. The summed E-state index contributed by atoms with van der Waals surface area (Å²) in [7, 11) is 0. The molecule has 4 aromatic rings. The number of piperidine rings is 1. The molecule has 1 heterocycles. The molecule has 1 aliphatic heterocycles. The van der Waals surface area contributed by atoms with Crippen molar-refractivity contribution in [3.63, 3.8) is 0 Å². The predicted octanol–water partition coefficient (Wildman–Crippen LogP) is 6.50. The number of rotatable bonds is 7. The second-order valence-electron chi connectivity index (χ2n) is 9.56. The van der Waals surface area contributed by atoms with Crippen LogP contribution < -0.4 is 10.2 Å². The Labute approximate surface area is 207 Å². The third-order valence-electron chi connectivity index (χ3n) is 7.44. The number of fused-ring (bicyclic) bond motifs is 1. The van der Waals surface area contributed by atoms with Crippen molar-refractivity contribution in [1.29, 1.82) is 0 Å². The quantitative estimate of drug-likeness (QED) is 0.328. The first-order valence-corrected chi connectivity index (χ1v) is 12.4. The lowest BCUT2D eigenvalue weighted by Gasteiger charge is -2.41. The summed E-state index contributed by atoms with van der Waals surface area (Å²) in [5.74, 6) is 0.0319. The number of carboxylic acids is 1. The fraction of sp³-hybridized carbons (Fsp3) is 0.258. The van der Waals surface area contributed by atoms with Gasteiger partial charge in [0.15, 0.2) is 0 Å². The van der Waals surface area contributed by atoms with Gasteiger partial charge in [0.2, 0.25) is 0 Å². The van der Waals surface area contributed by atoms with Crippen molar-refractivity contribution < 1.29 is 9.90 Å². The van der Waals surface area contributed by atoms with Gasteiger partial charge in [-0.1, -0.05) is 72.8 Å². The van der Waals surface area contributed by atoms with Crippen LogP contribution in [0.15, 0.2) is 97.1 Å². The molecule has 4 heteroatoms. The number of aromatic carboxylic acids is 1. The van der Waals surface area contributed by atoms with Gasteiger partial charge in [-0.3, -0.25) is 0 Å². The molecule has 1 aliphatic rings. The summed E-state index contributed by atoms with van der Waals surface area (Å²) in [6, 6.07) is 33.5. The van der Waals surface area contributed by atoms with Crippen LogP contribution in [0.3, 0.4) is 0 Å². The molecule has 0 amide bonds. The van der Waals surface area contributed by atoms with E-state index < -0.39 is 5.97 Å². The van der Waals surface area contributed by atoms with Crippen molar-refractivity contribution in [3.8, 4) is 0 Å². The van der Waals surface area contributed by atoms with E-state index in [0.717, 1.165) is 31.7 Å². The predicted molar refractivity (Wildman–Crippen MR) is 143 cm³/mol. The molecule has 1 saturated heterocycles. The zero-order valence-electron chi connectivity index (χ0n) is 20.1. The third kappa shape index (κ3) is 5.08. The van der Waals surface area contributed by atoms with Crippen molar-refractivity contribution >= 4 is 22.4 Å². The van der Waals surface area contributed by atoms with Gasteiger partial charge in [-0.2, -0.15) is 0 Å². The van der Waals surface area contributed by atoms with Crippen molar-refractivity contribution in [2.24, 2.45) is 5.92 Å². The minimum Gasteiger partial charge on any atom is -0.478 e. The first kappa shape index (κ1) is 23.1. The van der Waals surface area contributed by atoms with Gasteiger partial charge in [-0.05, 0) is 72.0 Å². The molecule has 3 unspecified atom stereocenters. The summed E-state index contributed by atoms with van der Waals surface area (Å²) in [5.41, 5.74) is 4.13. The van der Waals surface area contributed by atoms with Crippen LogP contribution in [0.1, 0.15) is 46.8 Å². The first-order chi connectivity index (χ1) is 17.1. The van der Waals surface area contributed by atoms with Crippen LogP contribution in [0, 0.1) is 5.92 Å². The molecule has 5 rings (SSSR count). The lowest BCUT2D eigenvalue weighted by Crippen LogP contribution is -2.43. The van der Waals surface area contributed by atoms with E-state index in [1.54, 1.807) is 12.1 Å². The van der Waals surface area contributed by atoms with Crippen LogP contribution >= 0.6 is 0 Å². The molecule has 0 bridgehead atoms. The summed E-state index contributed by atoms with van der Waals surface area (Å²) in [4.78, 5) is 13.6. The Balaban J connectivity index is 1.33. The van der Waals surface area contributed by atoms with E-state index in [0.29, 0.717) is 17.4 Å². The number of hydrogen-bond acceptors (Lipinski definition) is 3. The Bertz CT molecular complexity index is 1280. The van der Waals surface area contributed by atoms with Gasteiger partial charge in [-0.25, -0.2) is 4.79 Å². The molecule has 1 fully saturated rings.